The van der Waals surface area contributed by atoms with Crippen LogP contribution < -0.4 is 14.8 Å². The lowest BCUT2D eigenvalue weighted by Crippen LogP contribution is -2.32. The summed E-state index contributed by atoms with van der Waals surface area (Å²) in [7, 11) is 0. The topological polar surface area (TPSA) is 30.5 Å². The Morgan fingerprint density at radius 3 is 2.76 bits per heavy atom. The van der Waals surface area contributed by atoms with E-state index in [0.717, 1.165) is 30.2 Å². The summed E-state index contributed by atoms with van der Waals surface area (Å²) in [6, 6.07) is 14.5. The molecule has 3 heteroatoms. The smallest absolute Gasteiger partial charge is 0.143 e. The van der Waals surface area contributed by atoms with E-state index in [1.807, 2.05) is 19.1 Å². The maximum Gasteiger partial charge on any atom is 0.143 e. The highest BCUT2D eigenvalue weighted by atomic mass is 16.5. The minimum atomic E-state index is 0.164. The summed E-state index contributed by atoms with van der Waals surface area (Å²) < 4.78 is 11.6. The first-order valence-corrected chi connectivity index (χ1v) is 7.47. The van der Waals surface area contributed by atoms with E-state index in [1.165, 1.54) is 11.1 Å². The van der Waals surface area contributed by atoms with E-state index in [4.69, 9.17) is 9.47 Å². The van der Waals surface area contributed by atoms with Crippen molar-refractivity contribution in [1.29, 1.82) is 0 Å². The third-order valence-corrected chi connectivity index (χ3v) is 3.65. The third kappa shape index (κ3) is 3.30. The minimum absolute atomic E-state index is 0.164. The lowest BCUT2D eigenvalue weighted by molar-refractivity contribution is 0.206. The van der Waals surface area contributed by atoms with Gasteiger partial charge in [-0.3, -0.25) is 0 Å². The molecule has 0 radical (unpaired) electrons. The van der Waals surface area contributed by atoms with Crippen molar-refractivity contribution < 1.29 is 9.47 Å². The van der Waals surface area contributed by atoms with Gasteiger partial charge in [0.25, 0.3) is 0 Å². The van der Waals surface area contributed by atoms with Crippen LogP contribution in [0.3, 0.4) is 0 Å². The van der Waals surface area contributed by atoms with E-state index in [9.17, 15) is 0 Å². The lowest BCUT2D eigenvalue weighted by Gasteiger charge is -2.27. The van der Waals surface area contributed by atoms with Gasteiger partial charge < -0.3 is 14.8 Å². The summed E-state index contributed by atoms with van der Waals surface area (Å²) in [6.45, 7) is 5.61. The van der Waals surface area contributed by atoms with Crippen molar-refractivity contribution >= 4 is 5.69 Å². The minimum Gasteiger partial charge on any atom is -0.494 e. The molecule has 0 amide bonds. The molecule has 2 aromatic carbocycles. The van der Waals surface area contributed by atoms with Crippen molar-refractivity contribution in [3.63, 3.8) is 0 Å². The van der Waals surface area contributed by atoms with Crippen molar-refractivity contribution in [2.24, 2.45) is 0 Å². The molecule has 21 heavy (non-hydrogen) atoms. The molecule has 1 atom stereocenters. The van der Waals surface area contributed by atoms with Gasteiger partial charge in [0.05, 0.1) is 18.8 Å². The van der Waals surface area contributed by atoms with Crippen LogP contribution in [0.1, 0.15) is 18.1 Å². The average Bonchev–Trinajstić information content (AvgIpc) is 2.49. The molecule has 1 heterocycles. The van der Waals surface area contributed by atoms with Crippen molar-refractivity contribution in [3.05, 3.63) is 53.6 Å². The first-order chi connectivity index (χ1) is 10.2. The molecule has 1 N–H and O–H groups in total. The summed E-state index contributed by atoms with van der Waals surface area (Å²) >= 11 is 0. The van der Waals surface area contributed by atoms with E-state index >= 15 is 0 Å². The molecule has 1 unspecified atom stereocenters. The molecule has 110 valence electrons. The highest BCUT2D eigenvalue weighted by Gasteiger charge is 2.19. The summed E-state index contributed by atoms with van der Waals surface area (Å²) in [4.78, 5) is 0. The molecule has 0 spiro atoms. The van der Waals surface area contributed by atoms with E-state index in [1.54, 1.807) is 0 Å². The van der Waals surface area contributed by atoms with Crippen LogP contribution in [0, 0.1) is 6.92 Å². The molecular formula is C18H21NO2. The predicted molar refractivity (Wildman–Crippen MR) is 85.4 cm³/mol. The Morgan fingerprint density at radius 2 is 2.00 bits per heavy atom. The van der Waals surface area contributed by atoms with Crippen LogP contribution in [0.5, 0.6) is 11.5 Å². The monoisotopic (exact) mass is 283 g/mol. The van der Waals surface area contributed by atoms with Crippen molar-refractivity contribution in [2.75, 3.05) is 18.5 Å². The van der Waals surface area contributed by atoms with Gasteiger partial charge >= 0.3 is 0 Å². The van der Waals surface area contributed by atoms with E-state index in [2.05, 4.69) is 42.6 Å². The Kier molecular flexibility index (Phi) is 4.00. The molecular weight excluding hydrogens is 262 g/mol. The van der Waals surface area contributed by atoms with Crippen LogP contribution in [0.15, 0.2) is 42.5 Å². The fourth-order valence-electron chi connectivity index (χ4n) is 2.58. The van der Waals surface area contributed by atoms with Gasteiger partial charge in [0, 0.05) is 6.42 Å². The van der Waals surface area contributed by atoms with Gasteiger partial charge in [0.15, 0.2) is 0 Å². The largest absolute Gasteiger partial charge is 0.494 e. The third-order valence-electron chi connectivity index (χ3n) is 3.65. The van der Waals surface area contributed by atoms with Gasteiger partial charge in [-0.1, -0.05) is 18.2 Å². The van der Waals surface area contributed by atoms with Crippen LogP contribution in [0.2, 0.25) is 0 Å². The molecule has 0 bridgehead atoms. The Hall–Kier alpha value is -2.16. The number of hydrogen-bond donors (Lipinski definition) is 1. The Morgan fingerprint density at radius 1 is 1.19 bits per heavy atom. The maximum absolute atomic E-state index is 6.10. The summed E-state index contributed by atoms with van der Waals surface area (Å²) in [5.41, 5.74) is 3.57. The summed E-state index contributed by atoms with van der Waals surface area (Å²) in [5.74, 6) is 1.88. The number of nitrogens with one attached hydrogen (secondary N) is 1. The number of rotatable bonds is 4. The Labute approximate surface area is 125 Å². The van der Waals surface area contributed by atoms with Crippen LogP contribution in [0.4, 0.5) is 5.69 Å². The molecule has 1 aliphatic heterocycles. The molecule has 0 aromatic heterocycles. The van der Waals surface area contributed by atoms with Crippen molar-refractivity contribution in [3.8, 4) is 11.5 Å². The number of fused-ring (bicyclic) bond motifs is 1. The van der Waals surface area contributed by atoms with Gasteiger partial charge in [0.1, 0.15) is 17.6 Å². The van der Waals surface area contributed by atoms with Crippen molar-refractivity contribution in [1.82, 2.24) is 0 Å². The number of benzene rings is 2. The highest BCUT2D eigenvalue weighted by Crippen LogP contribution is 2.30. The number of anilines is 1. The van der Waals surface area contributed by atoms with Gasteiger partial charge in [-0.15, -0.1) is 0 Å². The second-order valence-electron chi connectivity index (χ2n) is 5.40. The first kappa shape index (κ1) is 13.8. The van der Waals surface area contributed by atoms with Gasteiger partial charge in [0.2, 0.25) is 0 Å². The Bertz CT molecular complexity index is 607. The maximum atomic E-state index is 6.10. The fourth-order valence-corrected chi connectivity index (χ4v) is 2.58. The molecule has 3 rings (SSSR count). The molecule has 0 saturated heterocycles. The number of hydrogen-bond acceptors (Lipinski definition) is 3. The van der Waals surface area contributed by atoms with Gasteiger partial charge in [-0.2, -0.15) is 0 Å². The molecule has 0 fully saturated rings. The van der Waals surface area contributed by atoms with Crippen LogP contribution in [-0.2, 0) is 6.42 Å². The highest BCUT2D eigenvalue weighted by molar-refractivity contribution is 5.59. The van der Waals surface area contributed by atoms with E-state index in [0.29, 0.717) is 6.61 Å². The molecule has 1 aliphatic rings. The van der Waals surface area contributed by atoms with Crippen molar-refractivity contribution in [2.45, 2.75) is 26.4 Å². The molecule has 0 aliphatic carbocycles. The lowest BCUT2D eigenvalue weighted by atomic mass is 10.1. The Balaban J connectivity index is 1.66. The molecule has 0 saturated carbocycles. The number of aryl methyl sites for hydroxylation is 1. The quantitative estimate of drug-likeness (QED) is 0.925. The van der Waals surface area contributed by atoms with E-state index < -0.39 is 0 Å². The normalized spacial score (nSPS) is 16.6. The van der Waals surface area contributed by atoms with E-state index in [-0.39, 0.29) is 6.10 Å². The standard InChI is InChI=1S/C18H21NO2/c1-3-20-15-7-5-14(6-8-15)11-16-12-19-17-9-4-13(2)10-18(17)21-16/h4-10,16,19H,3,11-12H2,1-2H3. The van der Waals surface area contributed by atoms with Crippen LogP contribution in [-0.4, -0.2) is 19.3 Å². The summed E-state index contributed by atoms with van der Waals surface area (Å²) in [6.07, 6.45) is 1.06. The predicted octanol–water partition coefficient (Wildman–Crippen LogP) is 3.81. The summed E-state index contributed by atoms with van der Waals surface area (Å²) in [5, 5.41) is 3.44. The number of ether oxygens (including phenoxy) is 2. The molecule has 2 aromatic rings. The molecule has 3 nitrogen and oxygen atoms in total. The average molecular weight is 283 g/mol. The van der Waals surface area contributed by atoms with Crippen LogP contribution >= 0.6 is 0 Å². The zero-order chi connectivity index (χ0) is 14.7. The second-order valence-corrected chi connectivity index (χ2v) is 5.40. The zero-order valence-electron chi connectivity index (χ0n) is 12.6. The first-order valence-electron chi connectivity index (χ1n) is 7.47. The van der Waals surface area contributed by atoms with Crippen LogP contribution in [0.25, 0.3) is 0 Å². The SMILES string of the molecule is CCOc1ccc(CC2CNc3ccc(C)cc3O2)cc1. The van der Waals surface area contributed by atoms with Gasteiger partial charge in [-0.25, -0.2) is 0 Å². The van der Waals surface area contributed by atoms with Gasteiger partial charge in [-0.05, 0) is 49.2 Å². The second kappa shape index (κ2) is 6.08. The zero-order valence-corrected chi connectivity index (χ0v) is 12.6. The fraction of sp³-hybridized carbons (Fsp3) is 0.333.